The number of sulfonamides is 1. The molecule has 224 valence electrons. The highest BCUT2D eigenvalue weighted by Crippen LogP contribution is 2.48. The van der Waals surface area contributed by atoms with E-state index in [4.69, 9.17) is 11.6 Å². The second-order valence-electron chi connectivity index (χ2n) is 10.3. The zero-order chi connectivity index (χ0) is 30.6. The minimum absolute atomic E-state index is 0.127. The summed E-state index contributed by atoms with van der Waals surface area (Å²) in [5.41, 5.74) is 5.39. The van der Waals surface area contributed by atoms with Gasteiger partial charge < -0.3 is 10.6 Å². The van der Waals surface area contributed by atoms with Crippen LogP contribution in [0.1, 0.15) is 22.3 Å². The number of hydrogen-bond donors (Lipinski definition) is 3. The second kappa shape index (κ2) is 13.1. The van der Waals surface area contributed by atoms with E-state index in [2.05, 4.69) is 88.2 Å². The summed E-state index contributed by atoms with van der Waals surface area (Å²) in [4.78, 5) is 13.3. The van der Waals surface area contributed by atoms with Crippen molar-refractivity contribution in [3.63, 3.8) is 0 Å². The third kappa shape index (κ3) is 6.23. The molecule has 6 nitrogen and oxygen atoms in total. The van der Waals surface area contributed by atoms with Crippen LogP contribution in [0.4, 0.5) is 11.4 Å². The number of rotatable bonds is 11. The highest BCUT2D eigenvalue weighted by Gasteiger charge is 2.37. The maximum absolute atomic E-state index is 13.3. The van der Waals surface area contributed by atoms with E-state index in [-0.39, 0.29) is 10.1 Å². The summed E-state index contributed by atoms with van der Waals surface area (Å²) in [7, 11) is -3.81. The Morgan fingerprint density at radius 1 is 0.841 bits per heavy atom. The van der Waals surface area contributed by atoms with Crippen LogP contribution in [0, 0.1) is 0 Å². The van der Waals surface area contributed by atoms with Crippen LogP contribution < -0.4 is 15.4 Å². The molecule has 1 aliphatic rings. The van der Waals surface area contributed by atoms with Crippen molar-refractivity contribution >= 4 is 62.0 Å². The van der Waals surface area contributed by atoms with Crippen LogP contribution in [-0.4, -0.2) is 32.7 Å². The minimum atomic E-state index is -3.81. The van der Waals surface area contributed by atoms with Crippen molar-refractivity contribution in [3.8, 4) is 0 Å². The van der Waals surface area contributed by atoms with Crippen LogP contribution in [0.3, 0.4) is 0 Å². The molecule has 3 N–H and O–H groups in total. The molecule has 5 aromatic rings. The molecule has 0 saturated heterocycles. The van der Waals surface area contributed by atoms with Gasteiger partial charge in [-0.2, -0.15) is 0 Å². The summed E-state index contributed by atoms with van der Waals surface area (Å²) in [6.07, 6.45) is 0.455. The van der Waals surface area contributed by atoms with Crippen molar-refractivity contribution in [3.05, 3.63) is 148 Å². The van der Waals surface area contributed by atoms with Gasteiger partial charge in [0.05, 0.1) is 20.5 Å². The SMILES string of the molecule is O=C(NCCSC(c1ccccc1)(c1ccccc1)c1ccccc1)C1Cc2cccc(NS(=O)(=O)c3ccc(Cl)s3)c2N1. The Bertz CT molecular complexity index is 1750. The van der Waals surface area contributed by atoms with Gasteiger partial charge in [0.25, 0.3) is 10.0 Å². The van der Waals surface area contributed by atoms with Gasteiger partial charge in [-0.25, -0.2) is 8.42 Å². The molecule has 0 bridgehead atoms. The smallest absolute Gasteiger partial charge is 0.271 e. The molecule has 44 heavy (non-hydrogen) atoms. The van der Waals surface area contributed by atoms with Gasteiger partial charge in [-0.05, 0) is 40.5 Å². The van der Waals surface area contributed by atoms with Crippen LogP contribution in [-0.2, 0) is 26.0 Å². The zero-order valence-electron chi connectivity index (χ0n) is 23.6. The number of nitrogens with one attached hydrogen (secondary N) is 3. The maximum Gasteiger partial charge on any atom is 0.271 e. The molecule has 1 aliphatic heterocycles. The number of carbonyl (C=O) groups is 1. The van der Waals surface area contributed by atoms with Crippen molar-refractivity contribution in [1.29, 1.82) is 0 Å². The molecule has 0 fully saturated rings. The van der Waals surface area contributed by atoms with Crippen molar-refractivity contribution in [2.75, 3.05) is 22.3 Å². The molecular weight excluding hydrogens is 630 g/mol. The zero-order valence-corrected chi connectivity index (χ0v) is 26.8. The number of halogens is 1. The quantitative estimate of drug-likeness (QED) is 0.102. The second-order valence-corrected chi connectivity index (χ2v) is 15.3. The molecule has 2 heterocycles. The first-order valence-electron chi connectivity index (χ1n) is 14.1. The molecule has 1 atom stereocenters. The Kier molecular flexibility index (Phi) is 9.00. The van der Waals surface area contributed by atoms with Crippen molar-refractivity contribution < 1.29 is 13.2 Å². The minimum Gasteiger partial charge on any atom is -0.371 e. The first-order valence-corrected chi connectivity index (χ1v) is 17.8. The van der Waals surface area contributed by atoms with E-state index in [9.17, 15) is 13.2 Å². The summed E-state index contributed by atoms with van der Waals surface area (Å²) in [6, 6.07) is 39.3. The van der Waals surface area contributed by atoms with Crippen LogP contribution in [0.5, 0.6) is 0 Å². The van der Waals surface area contributed by atoms with E-state index in [1.807, 2.05) is 24.3 Å². The van der Waals surface area contributed by atoms with Gasteiger partial charge in [-0.1, -0.05) is 115 Å². The molecule has 1 unspecified atom stereocenters. The Hall–Kier alpha value is -3.76. The molecule has 0 spiro atoms. The number of fused-ring (bicyclic) bond motifs is 1. The molecule has 0 saturated carbocycles. The first kappa shape index (κ1) is 30.3. The van der Waals surface area contributed by atoms with Crippen LogP contribution in [0.2, 0.25) is 4.34 Å². The number of carbonyl (C=O) groups excluding carboxylic acids is 1. The fourth-order valence-electron chi connectivity index (χ4n) is 5.54. The van der Waals surface area contributed by atoms with Gasteiger partial charge in [0.15, 0.2) is 0 Å². The average molecular weight is 660 g/mol. The lowest BCUT2D eigenvalue weighted by Gasteiger charge is -2.35. The van der Waals surface area contributed by atoms with E-state index in [1.165, 1.54) is 22.8 Å². The standard InChI is InChI=1S/C34H30ClN3O3S3/c35-30-19-20-31(43-30)44(40,41)38-28-18-10-11-24-23-29(37-32(24)28)33(39)36-21-22-42-34(25-12-4-1-5-13-25,26-14-6-2-7-15-26)27-16-8-3-9-17-27/h1-20,29,37-38H,21-23H2,(H,36,39). The number of hydrogen-bond acceptors (Lipinski definition) is 6. The van der Waals surface area contributed by atoms with Crippen LogP contribution >= 0.6 is 34.7 Å². The fraction of sp³-hybridized carbons (Fsp3) is 0.147. The molecule has 6 rings (SSSR count). The third-order valence-electron chi connectivity index (χ3n) is 7.53. The number of benzene rings is 4. The first-order chi connectivity index (χ1) is 21.4. The fourth-order valence-corrected chi connectivity index (χ4v) is 9.51. The monoisotopic (exact) mass is 659 g/mol. The normalized spacial score (nSPS) is 14.4. The third-order valence-corrected chi connectivity index (χ3v) is 12.2. The van der Waals surface area contributed by atoms with Gasteiger partial charge in [0.2, 0.25) is 5.91 Å². The lowest BCUT2D eigenvalue weighted by molar-refractivity contribution is -0.121. The predicted molar refractivity (Wildman–Crippen MR) is 182 cm³/mol. The van der Waals surface area contributed by atoms with Gasteiger partial charge in [-0.3, -0.25) is 9.52 Å². The van der Waals surface area contributed by atoms with Crippen LogP contribution in [0.15, 0.2) is 126 Å². The molecule has 0 radical (unpaired) electrons. The number of anilines is 2. The Balaban J connectivity index is 1.15. The number of para-hydroxylation sites is 1. The van der Waals surface area contributed by atoms with Gasteiger partial charge in [0.1, 0.15) is 10.3 Å². The van der Waals surface area contributed by atoms with E-state index >= 15 is 0 Å². The highest BCUT2D eigenvalue weighted by atomic mass is 35.5. The van der Waals surface area contributed by atoms with Gasteiger partial charge >= 0.3 is 0 Å². The molecular formula is C34H30ClN3O3S3. The van der Waals surface area contributed by atoms with E-state index < -0.39 is 20.8 Å². The average Bonchev–Trinajstić information content (AvgIpc) is 3.70. The van der Waals surface area contributed by atoms with Crippen molar-refractivity contribution in [2.45, 2.75) is 21.4 Å². The maximum atomic E-state index is 13.3. The Morgan fingerprint density at radius 2 is 1.43 bits per heavy atom. The summed E-state index contributed by atoms with van der Waals surface area (Å²) in [6.45, 7) is 0.463. The Morgan fingerprint density at radius 3 is 1.98 bits per heavy atom. The lowest BCUT2D eigenvalue weighted by atomic mass is 9.84. The molecule has 4 aromatic carbocycles. The Labute approximate surface area is 270 Å². The molecule has 1 amide bonds. The highest BCUT2D eigenvalue weighted by molar-refractivity contribution is 8.00. The van der Waals surface area contributed by atoms with E-state index in [0.29, 0.717) is 34.4 Å². The van der Waals surface area contributed by atoms with Gasteiger partial charge in [-0.15, -0.1) is 23.1 Å². The van der Waals surface area contributed by atoms with Crippen molar-refractivity contribution in [1.82, 2.24) is 5.32 Å². The molecule has 0 aliphatic carbocycles. The predicted octanol–water partition coefficient (Wildman–Crippen LogP) is 7.38. The van der Waals surface area contributed by atoms with Crippen molar-refractivity contribution in [2.24, 2.45) is 0 Å². The summed E-state index contributed by atoms with van der Waals surface area (Å²) in [5.74, 6) is 0.531. The van der Waals surface area contributed by atoms with E-state index in [1.54, 1.807) is 30.0 Å². The molecule has 10 heteroatoms. The largest absolute Gasteiger partial charge is 0.371 e. The number of thioether (sulfide) groups is 1. The summed E-state index contributed by atoms with van der Waals surface area (Å²) >= 11 is 8.73. The number of thiophene rings is 1. The van der Waals surface area contributed by atoms with E-state index in [0.717, 1.165) is 16.9 Å². The topological polar surface area (TPSA) is 87.3 Å². The number of amides is 1. The summed E-state index contributed by atoms with van der Waals surface area (Å²) in [5, 5.41) is 6.36. The van der Waals surface area contributed by atoms with Crippen LogP contribution in [0.25, 0.3) is 0 Å². The summed E-state index contributed by atoms with van der Waals surface area (Å²) < 4.78 is 28.6. The molecule has 1 aromatic heterocycles. The van der Waals surface area contributed by atoms with Gasteiger partial charge in [0, 0.05) is 18.7 Å². The lowest BCUT2D eigenvalue weighted by Crippen LogP contribution is -2.40.